The summed E-state index contributed by atoms with van der Waals surface area (Å²) < 4.78 is 22.8. The molecule has 1 amide bonds. The van der Waals surface area contributed by atoms with Crippen LogP contribution in [0.2, 0.25) is 0 Å². The van der Waals surface area contributed by atoms with Gasteiger partial charge in [0.05, 0.1) is 17.4 Å². The Kier molecular flexibility index (Phi) is 5.30. The summed E-state index contributed by atoms with van der Waals surface area (Å²) >= 11 is 0. The lowest BCUT2D eigenvalue weighted by atomic mass is 10.1. The molecule has 6 nitrogen and oxygen atoms in total. The summed E-state index contributed by atoms with van der Waals surface area (Å²) in [5, 5.41) is 4.21. The Morgan fingerprint density at radius 1 is 1.21 bits per heavy atom. The minimum absolute atomic E-state index is 0.0471. The molecule has 24 heavy (non-hydrogen) atoms. The van der Waals surface area contributed by atoms with Crippen LogP contribution in [0, 0.1) is 5.92 Å². The molecule has 1 N–H and O–H groups in total. The van der Waals surface area contributed by atoms with Gasteiger partial charge in [-0.15, -0.1) is 0 Å². The van der Waals surface area contributed by atoms with Gasteiger partial charge in [0.2, 0.25) is 5.91 Å². The lowest BCUT2D eigenvalue weighted by Crippen LogP contribution is -2.35. The number of hydrazone groups is 1. The maximum Gasteiger partial charge on any atom is 0.244 e. The van der Waals surface area contributed by atoms with E-state index in [9.17, 15) is 13.2 Å². The van der Waals surface area contributed by atoms with Crippen molar-refractivity contribution < 1.29 is 13.2 Å². The summed E-state index contributed by atoms with van der Waals surface area (Å²) in [5.74, 6) is -0.655. The average Bonchev–Trinajstić information content (AvgIpc) is 2.95. The minimum Gasteiger partial charge on any atom is -0.298 e. The van der Waals surface area contributed by atoms with Gasteiger partial charge in [-0.05, 0) is 12.0 Å². The summed E-state index contributed by atoms with van der Waals surface area (Å²) in [6, 6.07) is 10.4. The van der Waals surface area contributed by atoms with Gasteiger partial charge in [0.25, 0.3) is 0 Å². The Hall–Kier alpha value is -1.73. The minimum atomic E-state index is -3.04. The SMILES string of the molecule is O=C(NN=C1CCN(Cc2ccccc2)CC1)[C@@H]1CCS(=O)(=O)C1. The van der Waals surface area contributed by atoms with E-state index < -0.39 is 15.8 Å². The number of carbonyl (C=O) groups excluding carboxylic acids is 1. The van der Waals surface area contributed by atoms with E-state index in [4.69, 9.17) is 0 Å². The number of likely N-dealkylation sites (tertiary alicyclic amines) is 1. The predicted octanol–water partition coefficient (Wildman–Crippen LogP) is 1.19. The van der Waals surface area contributed by atoms with Crippen molar-refractivity contribution in [1.82, 2.24) is 10.3 Å². The number of amides is 1. The zero-order valence-corrected chi connectivity index (χ0v) is 14.5. The van der Waals surface area contributed by atoms with Gasteiger partial charge in [-0.1, -0.05) is 30.3 Å². The van der Waals surface area contributed by atoms with Crippen LogP contribution in [0.3, 0.4) is 0 Å². The molecule has 0 bridgehead atoms. The first-order valence-electron chi connectivity index (χ1n) is 8.34. The molecule has 0 unspecified atom stereocenters. The van der Waals surface area contributed by atoms with Gasteiger partial charge in [0, 0.05) is 38.2 Å². The molecule has 1 aromatic carbocycles. The normalized spacial score (nSPS) is 23.8. The van der Waals surface area contributed by atoms with Crippen molar-refractivity contribution >= 4 is 21.5 Å². The standard InChI is InChI=1S/C17H23N3O3S/c21-17(15-8-11-24(22,23)13-15)19-18-16-6-9-20(10-7-16)12-14-4-2-1-3-5-14/h1-5,15H,6-13H2,(H,19,21)/t15-/m1/s1. The second-order valence-electron chi connectivity index (χ2n) is 6.52. The number of hydrogen-bond donors (Lipinski definition) is 1. The highest BCUT2D eigenvalue weighted by Gasteiger charge is 2.33. The number of nitrogens with one attached hydrogen (secondary N) is 1. The average molecular weight is 349 g/mol. The first-order valence-corrected chi connectivity index (χ1v) is 10.2. The van der Waals surface area contributed by atoms with Crippen LogP contribution in [0.15, 0.2) is 35.4 Å². The summed E-state index contributed by atoms with van der Waals surface area (Å²) in [4.78, 5) is 14.4. The van der Waals surface area contributed by atoms with Gasteiger partial charge in [-0.3, -0.25) is 9.69 Å². The molecule has 0 spiro atoms. The number of sulfone groups is 1. The van der Waals surface area contributed by atoms with E-state index >= 15 is 0 Å². The highest BCUT2D eigenvalue weighted by molar-refractivity contribution is 7.91. The summed E-state index contributed by atoms with van der Waals surface area (Å²) in [6.07, 6.45) is 2.07. The molecule has 1 atom stereocenters. The Morgan fingerprint density at radius 2 is 1.92 bits per heavy atom. The monoisotopic (exact) mass is 349 g/mol. The van der Waals surface area contributed by atoms with Gasteiger partial charge in [0.1, 0.15) is 0 Å². The van der Waals surface area contributed by atoms with Crippen LogP contribution in [0.5, 0.6) is 0 Å². The maximum absolute atomic E-state index is 12.0. The van der Waals surface area contributed by atoms with E-state index in [1.807, 2.05) is 18.2 Å². The van der Waals surface area contributed by atoms with Crippen LogP contribution in [0.25, 0.3) is 0 Å². The van der Waals surface area contributed by atoms with Crippen LogP contribution in [-0.4, -0.2) is 49.5 Å². The summed E-state index contributed by atoms with van der Waals surface area (Å²) in [6.45, 7) is 2.77. The molecule has 7 heteroatoms. The first kappa shape index (κ1) is 17.1. The molecule has 2 fully saturated rings. The van der Waals surface area contributed by atoms with E-state index in [2.05, 4.69) is 27.6 Å². The fourth-order valence-electron chi connectivity index (χ4n) is 3.15. The van der Waals surface area contributed by atoms with Gasteiger partial charge in [-0.25, -0.2) is 13.8 Å². The zero-order valence-electron chi connectivity index (χ0n) is 13.6. The molecule has 2 heterocycles. The van der Waals surface area contributed by atoms with E-state index in [-0.39, 0.29) is 17.4 Å². The van der Waals surface area contributed by atoms with Crippen LogP contribution in [-0.2, 0) is 21.2 Å². The highest BCUT2D eigenvalue weighted by Crippen LogP contribution is 2.18. The molecule has 3 rings (SSSR count). The fourth-order valence-corrected chi connectivity index (χ4v) is 4.89. The number of piperidine rings is 1. The topological polar surface area (TPSA) is 78.8 Å². The second-order valence-corrected chi connectivity index (χ2v) is 8.74. The largest absolute Gasteiger partial charge is 0.298 e. The lowest BCUT2D eigenvalue weighted by Gasteiger charge is -2.27. The number of nitrogens with zero attached hydrogens (tertiary/aromatic N) is 2. The smallest absolute Gasteiger partial charge is 0.244 e. The van der Waals surface area contributed by atoms with Crippen molar-refractivity contribution in [2.75, 3.05) is 24.6 Å². The molecule has 2 aliphatic heterocycles. The van der Waals surface area contributed by atoms with E-state index in [1.54, 1.807) is 0 Å². The molecular formula is C17H23N3O3S. The Balaban J connectivity index is 1.44. The van der Waals surface area contributed by atoms with Crippen LogP contribution in [0.4, 0.5) is 0 Å². The molecule has 2 saturated heterocycles. The van der Waals surface area contributed by atoms with Crippen molar-refractivity contribution in [1.29, 1.82) is 0 Å². The van der Waals surface area contributed by atoms with Crippen LogP contribution >= 0.6 is 0 Å². The molecule has 0 radical (unpaired) electrons. The van der Waals surface area contributed by atoms with Crippen molar-refractivity contribution in [3.8, 4) is 0 Å². The lowest BCUT2D eigenvalue weighted by molar-refractivity contribution is -0.124. The summed E-state index contributed by atoms with van der Waals surface area (Å²) in [5.41, 5.74) is 4.84. The molecular weight excluding hydrogens is 326 g/mol. The number of rotatable bonds is 4. The van der Waals surface area contributed by atoms with E-state index in [1.165, 1.54) is 5.56 Å². The third-order valence-electron chi connectivity index (χ3n) is 4.61. The highest BCUT2D eigenvalue weighted by atomic mass is 32.2. The van der Waals surface area contributed by atoms with Gasteiger partial charge in [-0.2, -0.15) is 5.10 Å². The molecule has 0 aliphatic carbocycles. The van der Waals surface area contributed by atoms with Gasteiger partial charge < -0.3 is 0 Å². The summed E-state index contributed by atoms with van der Waals surface area (Å²) in [7, 11) is -3.04. The molecule has 130 valence electrons. The molecule has 1 aromatic rings. The Morgan fingerprint density at radius 3 is 2.54 bits per heavy atom. The second kappa shape index (κ2) is 7.44. The van der Waals surface area contributed by atoms with Crippen molar-refractivity contribution in [2.45, 2.75) is 25.8 Å². The van der Waals surface area contributed by atoms with Crippen molar-refractivity contribution in [3.63, 3.8) is 0 Å². The molecule has 2 aliphatic rings. The van der Waals surface area contributed by atoms with Crippen molar-refractivity contribution in [2.24, 2.45) is 11.0 Å². The van der Waals surface area contributed by atoms with E-state index in [0.29, 0.717) is 6.42 Å². The van der Waals surface area contributed by atoms with Crippen LogP contribution < -0.4 is 5.43 Å². The van der Waals surface area contributed by atoms with Crippen molar-refractivity contribution in [3.05, 3.63) is 35.9 Å². The zero-order chi connectivity index (χ0) is 17.0. The molecule has 0 aromatic heterocycles. The molecule has 0 saturated carbocycles. The Bertz CT molecular complexity index is 706. The van der Waals surface area contributed by atoms with Crippen LogP contribution in [0.1, 0.15) is 24.8 Å². The fraction of sp³-hybridized carbons (Fsp3) is 0.529. The van der Waals surface area contributed by atoms with E-state index in [0.717, 1.165) is 38.2 Å². The van der Waals surface area contributed by atoms with Gasteiger partial charge >= 0.3 is 0 Å². The first-order chi connectivity index (χ1) is 11.5. The quantitative estimate of drug-likeness (QED) is 0.828. The maximum atomic E-state index is 12.0. The van der Waals surface area contributed by atoms with Gasteiger partial charge in [0.15, 0.2) is 9.84 Å². The number of hydrogen-bond acceptors (Lipinski definition) is 5. The third-order valence-corrected chi connectivity index (χ3v) is 6.38. The number of carbonyl (C=O) groups is 1. The number of benzene rings is 1. The third kappa shape index (κ3) is 4.64. The Labute approximate surface area is 142 Å². The predicted molar refractivity (Wildman–Crippen MR) is 93.3 cm³/mol.